The highest BCUT2D eigenvalue weighted by molar-refractivity contribution is 6.04. The lowest BCUT2D eigenvalue weighted by molar-refractivity contribution is 0.0841. The average molecular weight is 388 g/mol. The van der Waals surface area contributed by atoms with Crippen molar-refractivity contribution < 1.29 is 38.0 Å². The minimum absolute atomic E-state index is 0.122. The minimum Gasteiger partial charge on any atom is -0.493 e. The molecule has 8 heteroatoms. The van der Waals surface area contributed by atoms with E-state index >= 15 is 0 Å². The first-order valence-electron chi connectivity index (χ1n) is 8.61. The van der Waals surface area contributed by atoms with Crippen LogP contribution in [0.5, 0.6) is 40.2 Å². The zero-order valence-electron chi connectivity index (χ0n) is 16.0. The summed E-state index contributed by atoms with van der Waals surface area (Å²) < 4.78 is 38.6. The highest BCUT2D eigenvalue weighted by Gasteiger charge is 2.35. The van der Waals surface area contributed by atoms with Gasteiger partial charge in [-0.1, -0.05) is 0 Å². The van der Waals surface area contributed by atoms with Gasteiger partial charge in [-0.05, 0) is 12.1 Å². The standard InChI is InChI=1S/C20H20O8/c1-22-14-5-10(6-16-18(14)27-9-26-16)12-7-11(21)17-13(28-12)8-15(23-2)19(24-3)20(17)25-4/h5-6,8,12H,7,9H2,1-4H3. The van der Waals surface area contributed by atoms with E-state index in [9.17, 15) is 4.79 Å². The second-order valence-electron chi connectivity index (χ2n) is 6.21. The van der Waals surface area contributed by atoms with Crippen molar-refractivity contribution in [2.24, 2.45) is 0 Å². The predicted octanol–water partition coefficient (Wildman–Crippen LogP) is 3.16. The van der Waals surface area contributed by atoms with Crippen LogP contribution >= 0.6 is 0 Å². The Labute approximate surface area is 161 Å². The van der Waals surface area contributed by atoms with Crippen LogP contribution < -0.4 is 33.2 Å². The third-order valence-electron chi connectivity index (χ3n) is 4.77. The molecular formula is C20H20O8. The SMILES string of the molecule is COc1cc(C2CC(=O)c3c(cc(OC)c(OC)c3OC)O2)cc2c1OCO2. The van der Waals surface area contributed by atoms with Crippen molar-refractivity contribution in [3.8, 4) is 40.2 Å². The van der Waals surface area contributed by atoms with Gasteiger partial charge in [0.25, 0.3) is 0 Å². The number of carbonyl (C=O) groups excluding carboxylic acids is 1. The fourth-order valence-corrected chi connectivity index (χ4v) is 3.48. The van der Waals surface area contributed by atoms with Crippen LogP contribution in [-0.4, -0.2) is 41.0 Å². The van der Waals surface area contributed by atoms with Crippen molar-refractivity contribution in [3.05, 3.63) is 29.3 Å². The van der Waals surface area contributed by atoms with E-state index in [1.165, 1.54) is 21.3 Å². The first kappa shape index (κ1) is 18.1. The molecule has 1 atom stereocenters. The van der Waals surface area contributed by atoms with Gasteiger partial charge in [-0.15, -0.1) is 0 Å². The molecule has 2 aliphatic rings. The number of fused-ring (bicyclic) bond motifs is 2. The number of carbonyl (C=O) groups is 1. The first-order valence-corrected chi connectivity index (χ1v) is 8.61. The van der Waals surface area contributed by atoms with Crippen LogP contribution in [0.2, 0.25) is 0 Å². The molecule has 0 aliphatic carbocycles. The predicted molar refractivity (Wildman–Crippen MR) is 97.5 cm³/mol. The molecule has 2 aromatic rings. The van der Waals surface area contributed by atoms with Crippen molar-refractivity contribution in [1.29, 1.82) is 0 Å². The Hall–Kier alpha value is -3.29. The fourth-order valence-electron chi connectivity index (χ4n) is 3.48. The number of benzene rings is 2. The third kappa shape index (κ3) is 2.72. The van der Waals surface area contributed by atoms with Crippen LogP contribution in [0.4, 0.5) is 0 Å². The molecule has 2 heterocycles. The highest BCUT2D eigenvalue weighted by Crippen LogP contribution is 2.50. The van der Waals surface area contributed by atoms with Crippen molar-refractivity contribution in [1.82, 2.24) is 0 Å². The van der Waals surface area contributed by atoms with Crippen molar-refractivity contribution in [2.45, 2.75) is 12.5 Å². The average Bonchev–Trinajstić information content (AvgIpc) is 3.19. The van der Waals surface area contributed by atoms with E-state index in [1.807, 2.05) is 0 Å². The van der Waals surface area contributed by atoms with E-state index in [1.54, 1.807) is 25.3 Å². The van der Waals surface area contributed by atoms with Gasteiger partial charge < -0.3 is 33.2 Å². The van der Waals surface area contributed by atoms with E-state index in [2.05, 4.69) is 0 Å². The molecule has 0 N–H and O–H groups in total. The molecule has 0 radical (unpaired) electrons. The summed E-state index contributed by atoms with van der Waals surface area (Å²) in [5.41, 5.74) is 1.08. The zero-order chi connectivity index (χ0) is 19.8. The van der Waals surface area contributed by atoms with Crippen molar-refractivity contribution >= 4 is 5.78 Å². The number of methoxy groups -OCH3 is 4. The zero-order valence-corrected chi connectivity index (χ0v) is 16.0. The summed E-state index contributed by atoms with van der Waals surface area (Å²) in [7, 11) is 6.02. The number of Topliss-reactive ketones (excluding diaryl/α,β-unsaturated/α-hetero) is 1. The molecule has 0 saturated heterocycles. The summed E-state index contributed by atoms with van der Waals surface area (Å²) in [6.45, 7) is 0.122. The maximum atomic E-state index is 13.0. The number of ether oxygens (including phenoxy) is 7. The lowest BCUT2D eigenvalue weighted by Crippen LogP contribution is -2.21. The van der Waals surface area contributed by atoms with Gasteiger partial charge in [0.2, 0.25) is 18.3 Å². The molecule has 0 saturated carbocycles. The lowest BCUT2D eigenvalue weighted by atomic mass is 9.94. The first-order chi connectivity index (χ1) is 13.6. The molecule has 28 heavy (non-hydrogen) atoms. The number of hydrogen-bond acceptors (Lipinski definition) is 8. The maximum Gasteiger partial charge on any atom is 0.231 e. The summed E-state index contributed by atoms with van der Waals surface area (Å²) >= 11 is 0. The Morgan fingerprint density at radius 2 is 1.61 bits per heavy atom. The Balaban J connectivity index is 1.78. The van der Waals surface area contributed by atoms with E-state index in [-0.39, 0.29) is 19.0 Å². The number of rotatable bonds is 5. The molecule has 148 valence electrons. The molecule has 4 rings (SSSR count). The maximum absolute atomic E-state index is 13.0. The second kappa shape index (κ2) is 7.03. The van der Waals surface area contributed by atoms with Gasteiger partial charge in [-0.25, -0.2) is 0 Å². The largest absolute Gasteiger partial charge is 0.493 e. The van der Waals surface area contributed by atoms with Crippen LogP contribution in [0.25, 0.3) is 0 Å². The molecule has 0 spiro atoms. The van der Waals surface area contributed by atoms with Crippen molar-refractivity contribution in [3.63, 3.8) is 0 Å². The van der Waals surface area contributed by atoms with Gasteiger partial charge in [0.1, 0.15) is 17.4 Å². The van der Waals surface area contributed by atoms with Crippen LogP contribution in [0.15, 0.2) is 18.2 Å². The Bertz CT molecular complexity index is 937. The fraction of sp³-hybridized carbons (Fsp3) is 0.350. The van der Waals surface area contributed by atoms with Crippen LogP contribution in [0.3, 0.4) is 0 Å². The van der Waals surface area contributed by atoms with E-state index in [0.717, 1.165) is 5.56 Å². The Morgan fingerprint density at radius 1 is 0.857 bits per heavy atom. The van der Waals surface area contributed by atoms with E-state index in [4.69, 9.17) is 33.2 Å². The van der Waals surface area contributed by atoms with Gasteiger partial charge in [-0.3, -0.25) is 4.79 Å². The Morgan fingerprint density at radius 3 is 2.29 bits per heavy atom. The summed E-state index contributed by atoms with van der Waals surface area (Å²) in [5.74, 6) is 2.93. The summed E-state index contributed by atoms with van der Waals surface area (Å²) in [6, 6.07) is 5.21. The molecule has 0 aromatic heterocycles. The van der Waals surface area contributed by atoms with Gasteiger partial charge in [0.05, 0.1) is 34.9 Å². The summed E-state index contributed by atoms with van der Waals surface area (Å²) in [5, 5.41) is 0. The van der Waals surface area contributed by atoms with E-state index in [0.29, 0.717) is 45.8 Å². The van der Waals surface area contributed by atoms with E-state index < -0.39 is 6.10 Å². The van der Waals surface area contributed by atoms with Gasteiger partial charge in [0.15, 0.2) is 28.8 Å². The summed E-state index contributed by atoms with van der Waals surface area (Å²) in [4.78, 5) is 13.0. The minimum atomic E-state index is -0.522. The topological polar surface area (TPSA) is 81.7 Å². The number of hydrogen-bond donors (Lipinski definition) is 0. The molecule has 0 fully saturated rings. The van der Waals surface area contributed by atoms with Gasteiger partial charge in [-0.2, -0.15) is 0 Å². The molecule has 2 aliphatic heterocycles. The number of ketones is 1. The monoisotopic (exact) mass is 388 g/mol. The molecular weight excluding hydrogens is 368 g/mol. The second-order valence-corrected chi connectivity index (χ2v) is 6.21. The molecule has 2 aromatic carbocycles. The third-order valence-corrected chi connectivity index (χ3v) is 4.77. The van der Waals surface area contributed by atoms with Crippen LogP contribution in [0, 0.1) is 0 Å². The molecule has 8 nitrogen and oxygen atoms in total. The Kier molecular flexibility index (Phi) is 4.54. The highest BCUT2D eigenvalue weighted by atomic mass is 16.7. The van der Waals surface area contributed by atoms with Gasteiger partial charge in [0, 0.05) is 11.6 Å². The van der Waals surface area contributed by atoms with Crippen LogP contribution in [0.1, 0.15) is 28.4 Å². The normalized spacial score (nSPS) is 16.9. The van der Waals surface area contributed by atoms with Crippen molar-refractivity contribution in [2.75, 3.05) is 35.2 Å². The molecule has 1 unspecified atom stereocenters. The molecule has 0 bridgehead atoms. The molecule has 0 amide bonds. The quantitative estimate of drug-likeness (QED) is 0.773. The van der Waals surface area contributed by atoms with Crippen LogP contribution in [-0.2, 0) is 0 Å². The summed E-state index contributed by atoms with van der Waals surface area (Å²) in [6.07, 6.45) is -0.395. The smallest absolute Gasteiger partial charge is 0.231 e. The van der Waals surface area contributed by atoms with Gasteiger partial charge >= 0.3 is 0 Å². The lowest BCUT2D eigenvalue weighted by Gasteiger charge is -2.28.